The summed E-state index contributed by atoms with van der Waals surface area (Å²) in [5.74, 6) is -1.52. The van der Waals surface area contributed by atoms with Crippen LogP contribution in [0.5, 0.6) is 0 Å². The first kappa shape index (κ1) is 12.5. The van der Waals surface area contributed by atoms with Crippen molar-refractivity contribution in [2.75, 3.05) is 0 Å². The lowest BCUT2D eigenvalue weighted by Crippen LogP contribution is -2.08. The zero-order valence-electron chi connectivity index (χ0n) is 9.27. The van der Waals surface area contributed by atoms with Gasteiger partial charge < -0.3 is 4.74 Å². The van der Waals surface area contributed by atoms with E-state index in [0.717, 1.165) is 17.8 Å². The Morgan fingerprint density at radius 1 is 1.33 bits per heavy atom. The highest BCUT2D eigenvalue weighted by molar-refractivity contribution is 6.29. The van der Waals surface area contributed by atoms with E-state index >= 15 is 0 Å². The Kier molecular flexibility index (Phi) is 3.89. The molecule has 0 spiro atoms. The minimum Gasteiger partial charge on any atom is -0.457 e. The molecule has 1 aromatic heterocycles. The smallest absolute Gasteiger partial charge is 0.341 e. The van der Waals surface area contributed by atoms with E-state index in [1.807, 2.05) is 30.3 Å². The highest BCUT2D eigenvalue weighted by Crippen LogP contribution is 2.13. The SMILES string of the molecule is O=C(OCc1ccccc1)c1cc(Cl)ncc1F. The van der Waals surface area contributed by atoms with Gasteiger partial charge in [-0.1, -0.05) is 41.9 Å². The number of rotatable bonds is 3. The van der Waals surface area contributed by atoms with Gasteiger partial charge >= 0.3 is 5.97 Å². The van der Waals surface area contributed by atoms with Gasteiger partial charge in [0.05, 0.1) is 11.8 Å². The topological polar surface area (TPSA) is 39.2 Å². The Balaban J connectivity index is 2.06. The second-order valence-electron chi connectivity index (χ2n) is 3.55. The minimum atomic E-state index is -0.763. The van der Waals surface area contributed by atoms with Crippen LogP contribution in [0.15, 0.2) is 42.6 Å². The molecule has 3 nitrogen and oxygen atoms in total. The van der Waals surface area contributed by atoms with Gasteiger partial charge in [0.2, 0.25) is 0 Å². The number of hydrogen-bond donors (Lipinski definition) is 0. The second-order valence-corrected chi connectivity index (χ2v) is 3.94. The zero-order chi connectivity index (χ0) is 13.0. The van der Waals surface area contributed by atoms with Crippen LogP contribution in [0.25, 0.3) is 0 Å². The summed E-state index contributed by atoms with van der Waals surface area (Å²) in [6.07, 6.45) is 0.890. The van der Waals surface area contributed by atoms with Gasteiger partial charge in [-0.25, -0.2) is 14.2 Å². The highest BCUT2D eigenvalue weighted by Gasteiger charge is 2.14. The van der Waals surface area contributed by atoms with Crippen LogP contribution in [0.2, 0.25) is 5.15 Å². The van der Waals surface area contributed by atoms with Crippen molar-refractivity contribution in [3.8, 4) is 0 Å². The van der Waals surface area contributed by atoms with Crippen LogP contribution in [0.1, 0.15) is 15.9 Å². The number of pyridine rings is 1. The monoisotopic (exact) mass is 265 g/mol. The van der Waals surface area contributed by atoms with Crippen LogP contribution < -0.4 is 0 Å². The van der Waals surface area contributed by atoms with Crippen molar-refractivity contribution < 1.29 is 13.9 Å². The lowest BCUT2D eigenvalue weighted by atomic mass is 10.2. The second kappa shape index (κ2) is 5.60. The molecule has 0 aliphatic heterocycles. The maximum absolute atomic E-state index is 13.3. The molecule has 5 heteroatoms. The normalized spacial score (nSPS) is 10.1. The lowest BCUT2D eigenvalue weighted by Gasteiger charge is -2.05. The summed E-state index contributed by atoms with van der Waals surface area (Å²) in [7, 11) is 0. The van der Waals surface area contributed by atoms with Gasteiger partial charge in [-0.2, -0.15) is 0 Å². The van der Waals surface area contributed by atoms with Crippen molar-refractivity contribution >= 4 is 17.6 Å². The third-order valence-electron chi connectivity index (χ3n) is 2.25. The quantitative estimate of drug-likeness (QED) is 0.632. The molecule has 0 radical (unpaired) electrons. The zero-order valence-corrected chi connectivity index (χ0v) is 10.0. The molecule has 0 fully saturated rings. The summed E-state index contributed by atoms with van der Waals surface area (Å²) in [4.78, 5) is 15.2. The molecule has 0 aliphatic carbocycles. The van der Waals surface area contributed by atoms with Crippen LogP contribution in [0.4, 0.5) is 4.39 Å². The molecule has 92 valence electrons. The van der Waals surface area contributed by atoms with E-state index in [4.69, 9.17) is 16.3 Å². The molecule has 1 heterocycles. The molecule has 2 rings (SSSR count). The minimum absolute atomic E-state index is 0.0445. The molecular formula is C13H9ClFNO2. The van der Waals surface area contributed by atoms with E-state index in [1.54, 1.807) is 0 Å². The van der Waals surface area contributed by atoms with Gasteiger partial charge in [-0.3, -0.25) is 0 Å². The molecule has 0 saturated heterocycles. The van der Waals surface area contributed by atoms with E-state index in [2.05, 4.69) is 4.98 Å². The van der Waals surface area contributed by atoms with E-state index in [1.165, 1.54) is 0 Å². The summed E-state index contributed by atoms with van der Waals surface area (Å²) in [5.41, 5.74) is 0.609. The molecular weight excluding hydrogens is 257 g/mol. The first-order valence-corrected chi connectivity index (χ1v) is 5.56. The van der Waals surface area contributed by atoms with E-state index < -0.39 is 11.8 Å². The number of carbonyl (C=O) groups is 1. The highest BCUT2D eigenvalue weighted by atomic mass is 35.5. The number of esters is 1. The molecule has 0 unspecified atom stereocenters. The molecule has 0 amide bonds. The molecule has 0 N–H and O–H groups in total. The number of nitrogens with zero attached hydrogens (tertiary/aromatic N) is 1. The van der Waals surface area contributed by atoms with Gasteiger partial charge in [-0.15, -0.1) is 0 Å². The number of halogens is 2. The Bertz CT molecular complexity index is 560. The average Bonchev–Trinajstić information content (AvgIpc) is 2.40. The van der Waals surface area contributed by atoms with Crippen molar-refractivity contribution in [3.63, 3.8) is 0 Å². The molecule has 2 aromatic rings. The number of benzene rings is 1. The maximum Gasteiger partial charge on any atom is 0.341 e. The lowest BCUT2D eigenvalue weighted by molar-refractivity contribution is 0.0467. The predicted octanol–water partition coefficient (Wildman–Crippen LogP) is 3.23. The van der Waals surface area contributed by atoms with Gasteiger partial charge in [-0.05, 0) is 11.6 Å². The summed E-state index contributed by atoms with van der Waals surface area (Å²) in [6, 6.07) is 10.3. The number of ether oxygens (including phenoxy) is 1. The van der Waals surface area contributed by atoms with E-state index in [9.17, 15) is 9.18 Å². The fourth-order valence-electron chi connectivity index (χ4n) is 1.37. The van der Waals surface area contributed by atoms with Crippen molar-refractivity contribution in [2.45, 2.75) is 6.61 Å². The number of aromatic nitrogens is 1. The Labute approximate surface area is 108 Å². The van der Waals surface area contributed by atoms with Crippen molar-refractivity contribution in [1.29, 1.82) is 0 Å². The third-order valence-corrected chi connectivity index (χ3v) is 2.46. The predicted molar refractivity (Wildman–Crippen MR) is 64.8 cm³/mol. The fourth-order valence-corrected chi connectivity index (χ4v) is 1.53. The summed E-state index contributed by atoms with van der Waals surface area (Å²) >= 11 is 5.59. The van der Waals surface area contributed by atoms with Gasteiger partial charge in [0.25, 0.3) is 0 Å². The first-order chi connectivity index (χ1) is 8.66. The van der Waals surface area contributed by atoms with Crippen LogP contribution in [-0.2, 0) is 11.3 Å². The van der Waals surface area contributed by atoms with Crippen molar-refractivity contribution in [1.82, 2.24) is 4.98 Å². The van der Waals surface area contributed by atoms with E-state index in [0.29, 0.717) is 0 Å². The van der Waals surface area contributed by atoms with Crippen molar-refractivity contribution in [3.05, 3.63) is 64.7 Å². The largest absolute Gasteiger partial charge is 0.457 e. The number of carbonyl (C=O) groups excluding carboxylic acids is 1. The standard InChI is InChI=1S/C13H9ClFNO2/c14-12-6-10(11(15)7-16-12)13(17)18-8-9-4-2-1-3-5-9/h1-7H,8H2. The Morgan fingerprint density at radius 2 is 2.06 bits per heavy atom. The molecule has 18 heavy (non-hydrogen) atoms. The van der Waals surface area contributed by atoms with Gasteiger partial charge in [0, 0.05) is 0 Å². The molecule has 1 aromatic carbocycles. The third kappa shape index (κ3) is 3.05. The average molecular weight is 266 g/mol. The molecule has 0 aliphatic rings. The molecule has 0 bridgehead atoms. The Hall–Kier alpha value is -1.94. The number of hydrogen-bond acceptors (Lipinski definition) is 3. The van der Waals surface area contributed by atoms with Crippen LogP contribution in [0.3, 0.4) is 0 Å². The molecule has 0 saturated carbocycles. The summed E-state index contributed by atoms with van der Waals surface area (Å²) in [6.45, 7) is 0.0824. The van der Waals surface area contributed by atoms with Crippen LogP contribution in [-0.4, -0.2) is 11.0 Å². The van der Waals surface area contributed by atoms with Crippen LogP contribution in [0, 0.1) is 5.82 Å². The Morgan fingerprint density at radius 3 is 2.78 bits per heavy atom. The summed E-state index contributed by atoms with van der Waals surface area (Å²) < 4.78 is 18.3. The summed E-state index contributed by atoms with van der Waals surface area (Å²) in [5, 5.41) is 0.0445. The van der Waals surface area contributed by atoms with E-state index in [-0.39, 0.29) is 17.3 Å². The van der Waals surface area contributed by atoms with Crippen molar-refractivity contribution in [2.24, 2.45) is 0 Å². The van der Waals surface area contributed by atoms with Crippen LogP contribution >= 0.6 is 11.6 Å². The van der Waals surface area contributed by atoms with Gasteiger partial charge in [0.15, 0.2) is 5.82 Å². The maximum atomic E-state index is 13.3. The van der Waals surface area contributed by atoms with Gasteiger partial charge in [0.1, 0.15) is 11.8 Å². The first-order valence-electron chi connectivity index (χ1n) is 5.19. The molecule has 0 atom stereocenters. The fraction of sp³-hybridized carbons (Fsp3) is 0.0769.